The SMILES string of the molecule is Cc1ccncc1NC(C)c1ccccc1OC(F)F. The fraction of sp³-hybridized carbons (Fsp3) is 0.267. The fourth-order valence-corrected chi connectivity index (χ4v) is 1.97. The summed E-state index contributed by atoms with van der Waals surface area (Å²) in [6.07, 6.45) is 3.42. The standard InChI is InChI=1S/C15H16F2N2O/c1-10-7-8-18-9-13(10)19-11(2)12-5-3-4-6-14(12)20-15(16)17/h3-9,11,15,19H,1-2H3. The first-order valence-electron chi connectivity index (χ1n) is 6.29. The Kier molecular flexibility index (Phi) is 4.50. The smallest absolute Gasteiger partial charge is 0.387 e. The van der Waals surface area contributed by atoms with Crippen molar-refractivity contribution in [1.82, 2.24) is 4.98 Å². The van der Waals surface area contributed by atoms with Crippen LogP contribution in [-0.4, -0.2) is 11.6 Å². The molecular weight excluding hydrogens is 262 g/mol. The number of ether oxygens (including phenoxy) is 1. The number of anilines is 1. The molecular formula is C15H16F2N2O. The number of pyridine rings is 1. The molecule has 0 aliphatic rings. The van der Waals surface area contributed by atoms with Gasteiger partial charge in [0.1, 0.15) is 5.75 Å². The van der Waals surface area contributed by atoms with Gasteiger partial charge in [-0.3, -0.25) is 4.98 Å². The van der Waals surface area contributed by atoms with Gasteiger partial charge in [0.2, 0.25) is 0 Å². The number of alkyl halides is 2. The van der Waals surface area contributed by atoms with Crippen LogP contribution < -0.4 is 10.1 Å². The molecule has 1 aromatic carbocycles. The molecule has 0 bridgehead atoms. The van der Waals surface area contributed by atoms with Crippen LogP contribution in [0.4, 0.5) is 14.5 Å². The third kappa shape index (κ3) is 3.44. The molecule has 1 atom stereocenters. The average Bonchev–Trinajstić information content (AvgIpc) is 2.41. The number of halogens is 2. The van der Waals surface area contributed by atoms with Crippen molar-refractivity contribution in [3.8, 4) is 5.75 Å². The molecule has 1 aromatic heterocycles. The zero-order valence-corrected chi connectivity index (χ0v) is 11.3. The molecule has 0 radical (unpaired) electrons. The summed E-state index contributed by atoms with van der Waals surface area (Å²) in [5, 5.41) is 3.25. The molecule has 0 amide bonds. The second kappa shape index (κ2) is 6.32. The third-order valence-electron chi connectivity index (χ3n) is 3.01. The van der Waals surface area contributed by atoms with Crippen molar-refractivity contribution in [3.63, 3.8) is 0 Å². The van der Waals surface area contributed by atoms with E-state index in [1.165, 1.54) is 6.07 Å². The molecule has 106 valence electrons. The van der Waals surface area contributed by atoms with Crippen molar-refractivity contribution in [1.29, 1.82) is 0 Å². The summed E-state index contributed by atoms with van der Waals surface area (Å²) in [6, 6.07) is 8.48. The van der Waals surface area contributed by atoms with Crippen LogP contribution in [0.2, 0.25) is 0 Å². The number of aryl methyl sites for hydroxylation is 1. The van der Waals surface area contributed by atoms with Crippen LogP contribution in [0.5, 0.6) is 5.75 Å². The predicted molar refractivity (Wildman–Crippen MR) is 74.1 cm³/mol. The number of nitrogens with one attached hydrogen (secondary N) is 1. The number of para-hydroxylation sites is 1. The highest BCUT2D eigenvalue weighted by molar-refractivity contribution is 5.51. The molecule has 1 heterocycles. The van der Waals surface area contributed by atoms with Gasteiger partial charge in [-0.1, -0.05) is 18.2 Å². The fourth-order valence-electron chi connectivity index (χ4n) is 1.97. The Morgan fingerprint density at radius 2 is 1.95 bits per heavy atom. The molecule has 20 heavy (non-hydrogen) atoms. The Morgan fingerprint density at radius 3 is 2.65 bits per heavy atom. The minimum absolute atomic E-state index is 0.173. The van der Waals surface area contributed by atoms with E-state index in [0.29, 0.717) is 5.56 Å². The van der Waals surface area contributed by atoms with Gasteiger partial charge in [-0.05, 0) is 31.5 Å². The lowest BCUT2D eigenvalue weighted by molar-refractivity contribution is -0.0505. The monoisotopic (exact) mass is 278 g/mol. The lowest BCUT2D eigenvalue weighted by Gasteiger charge is -2.19. The summed E-state index contributed by atoms with van der Waals surface area (Å²) in [6.45, 7) is 1.02. The summed E-state index contributed by atoms with van der Waals surface area (Å²) >= 11 is 0. The molecule has 0 fully saturated rings. The lowest BCUT2D eigenvalue weighted by atomic mass is 10.1. The number of rotatable bonds is 5. The molecule has 1 N–H and O–H groups in total. The molecule has 0 aliphatic carbocycles. The minimum Gasteiger partial charge on any atom is -0.434 e. The quantitative estimate of drug-likeness (QED) is 0.891. The van der Waals surface area contributed by atoms with Crippen LogP contribution in [0.3, 0.4) is 0 Å². The van der Waals surface area contributed by atoms with E-state index < -0.39 is 6.61 Å². The Bertz CT molecular complexity index is 575. The van der Waals surface area contributed by atoms with Crippen LogP contribution in [-0.2, 0) is 0 Å². The molecule has 3 nitrogen and oxygen atoms in total. The van der Waals surface area contributed by atoms with Crippen molar-refractivity contribution in [3.05, 3.63) is 53.9 Å². The number of benzene rings is 1. The van der Waals surface area contributed by atoms with E-state index in [0.717, 1.165) is 11.3 Å². The number of aromatic nitrogens is 1. The molecule has 0 spiro atoms. The molecule has 0 saturated carbocycles. The molecule has 2 rings (SSSR count). The Balaban J connectivity index is 2.21. The van der Waals surface area contributed by atoms with Gasteiger partial charge in [0.05, 0.1) is 17.9 Å². The number of hydrogen-bond acceptors (Lipinski definition) is 3. The average molecular weight is 278 g/mol. The van der Waals surface area contributed by atoms with Crippen LogP contribution in [0.1, 0.15) is 24.1 Å². The first-order chi connectivity index (χ1) is 9.58. The van der Waals surface area contributed by atoms with Gasteiger partial charge < -0.3 is 10.1 Å². The summed E-state index contributed by atoms with van der Waals surface area (Å²) in [5.41, 5.74) is 2.59. The van der Waals surface area contributed by atoms with E-state index >= 15 is 0 Å². The highest BCUT2D eigenvalue weighted by Gasteiger charge is 2.14. The van der Waals surface area contributed by atoms with Crippen molar-refractivity contribution >= 4 is 5.69 Å². The molecule has 0 saturated heterocycles. The van der Waals surface area contributed by atoms with Gasteiger partial charge in [-0.25, -0.2) is 0 Å². The summed E-state index contributed by atoms with van der Waals surface area (Å²) in [5.74, 6) is 0.184. The molecule has 0 aliphatic heterocycles. The van der Waals surface area contributed by atoms with Gasteiger partial charge >= 0.3 is 6.61 Å². The molecule has 1 unspecified atom stereocenters. The second-order valence-electron chi connectivity index (χ2n) is 4.47. The van der Waals surface area contributed by atoms with Gasteiger partial charge in [0.15, 0.2) is 0 Å². The van der Waals surface area contributed by atoms with Crippen molar-refractivity contribution in [2.24, 2.45) is 0 Å². The predicted octanol–water partition coefficient (Wildman–Crippen LogP) is 4.16. The van der Waals surface area contributed by atoms with Crippen LogP contribution >= 0.6 is 0 Å². The Morgan fingerprint density at radius 1 is 1.20 bits per heavy atom. The van der Waals surface area contributed by atoms with Crippen molar-refractivity contribution in [2.45, 2.75) is 26.5 Å². The number of hydrogen-bond donors (Lipinski definition) is 1. The largest absolute Gasteiger partial charge is 0.434 e. The highest BCUT2D eigenvalue weighted by Crippen LogP contribution is 2.29. The summed E-state index contributed by atoms with van der Waals surface area (Å²) in [7, 11) is 0. The van der Waals surface area contributed by atoms with Crippen LogP contribution in [0.25, 0.3) is 0 Å². The van der Waals surface area contributed by atoms with Gasteiger partial charge in [-0.2, -0.15) is 8.78 Å². The van der Waals surface area contributed by atoms with Gasteiger partial charge in [0, 0.05) is 11.8 Å². The maximum Gasteiger partial charge on any atom is 0.387 e. The highest BCUT2D eigenvalue weighted by atomic mass is 19.3. The Labute approximate surface area is 116 Å². The van der Waals surface area contributed by atoms with Crippen LogP contribution in [0.15, 0.2) is 42.7 Å². The first kappa shape index (κ1) is 14.2. The molecule has 2 aromatic rings. The van der Waals surface area contributed by atoms with Crippen molar-refractivity contribution in [2.75, 3.05) is 5.32 Å². The summed E-state index contributed by atoms with van der Waals surface area (Å²) in [4.78, 5) is 4.05. The van der Waals surface area contributed by atoms with Gasteiger partial charge in [0.25, 0.3) is 0 Å². The molecule has 5 heteroatoms. The van der Waals surface area contributed by atoms with E-state index in [1.807, 2.05) is 19.9 Å². The van der Waals surface area contributed by atoms with Gasteiger partial charge in [-0.15, -0.1) is 0 Å². The topological polar surface area (TPSA) is 34.2 Å². The van der Waals surface area contributed by atoms with E-state index in [2.05, 4.69) is 15.0 Å². The van der Waals surface area contributed by atoms with E-state index in [-0.39, 0.29) is 11.8 Å². The number of nitrogens with zero attached hydrogens (tertiary/aromatic N) is 1. The summed E-state index contributed by atoms with van der Waals surface area (Å²) < 4.78 is 29.4. The zero-order valence-electron chi connectivity index (χ0n) is 11.3. The van der Waals surface area contributed by atoms with Crippen LogP contribution in [0, 0.1) is 6.92 Å². The van der Waals surface area contributed by atoms with Crippen molar-refractivity contribution < 1.29 is 13.5 Å². The minimum atomic E-state index is -2.83. The maximum atomic E-state index is 12.4. The first-order valence-corrected chi connectivity index (χ1v) is 6.29. The van der Waals surface area contributed by atoms with E-state index in [4.69, 9.17) is 0 Å². The van der Waals surface area contributed by atoms with E-state index in [9.17, 15) is 8.78 Å². The normalized spacial score (nSPS) is 12.2. The van der Waals surface area contributed by atoms with E-state index in [1.54, 1.807) is 30.6 Å². The third-order valence-corrected chi connectivity index (χ3v) is 3.01. The zero-order chi connectivity index (χ0) is 14.5. The Hall–Kier alpha value is -2.17. The lowest BCUT2D eigenvalue weighted by Crippen LogP contribution is -2.11. The second-order valence-corrected chi connectivity index (χ2v) is 4.47. The maximum absolute atomic E-state index is 12.4.